The highest BCUT2D eigenvalue weighted by atomic mass is 19.2. The number of aromatic nitrogens is 2. The topological polar surface area (TPSA) is 43.8 Å². The third-order valence-electron chi connectivity index (χ3n) is 3.73. The number of hydrogen-bond acceptors (Lipinski definition) is 2. The lowest BCUT2D eigenvalue weighted by atomic mass is 10.0. The number of benzene rings is 1. The Morgan fingerprint density at radius 3 is 2.65 bits per heavy atom. The molecule has 3 nitrogen and oxygen atoms in total. The van der Waals surface area contributed by atoms with Gasteiger partial charge in [0, 0.05) is 24.6 Å². The quantitative estimate of drug-likeness (QED) is 0.816. The van der Waals surface area contributed by atoms with Gasteiger partial charge in [0.2, 0.25) is 0 Å². The molecule has 1 aromatic carbocycles. The van der Waals surface area contributed by atoms with Gasteiger partial charge < -0.3 is 10.3 Å². The fourth-order valence-corrected chi connectivity index (χ4v) is 2.58. The molecule has 2 heterocycles. The Morgan fingerprint density at radius 1 is 1.20 bits per heavy atom. The van der Waals surface area contributed by atoms with Crippen molar-refractivity contribution < 1.29 is 13.2 Å². The van der Waals surface area contributed by atoms with Crippen molar-refractivity contribution in [2.24, 2.45) is 5.92 Å². The number of nitrogens with zero attached hydrogens (tertiary/aromatic N) is 2. The summed E-state index contributed by atoms with van der Waals surface area (Å²) in [6.45, 7) is 2.81. The zero-order valence-corrected chi connectivity index (χ0v) is 11.0. The fourth-order valence-electron chi connectivity index (χ4n) is 2.58. The maximum Gasteiger partial charge on any atom is 0.161 e. The Kier molecular flexibility index (Phi) is 2.96. The molecule has 1 aliphatic rings. The van der Waals surface area contributed by atoms with E-state index in [2.05, 4.69) is 11.9 Å². The van der Waals surface area contributed by atoms with Gasteiger partial charge in [0.25, 0.3) is 0 Å². The zero-order valence-electron chi connectivity index (χ0n) is 11.0. The molecule has 0 bridgehead atoms. The van der Waals surface area contributed by atoms with Crippen LogP contribution in [0, 0.1) is 23.4 Å². The van der Waals surface area contributed by atoms with Crippen molar-refractivity contribution in [3.63, 3.8) is 0 Å². The molecular formula is C14H14F3N3. The van der Waals surface area contributed by atoms with E-state index in [1.165, 1.54) is 0 Å². The second-order valence-electron chi connectivity index (χ2n) is 5.26. The summed E-state index contributed by atoms with van der Waals surface area (Å²) in [6.07, 6.45) is 1.71. The molecule has 2 aromatic rings. The average Bonchev–Trinajstić information content (AvgIpc) is 2.70. The van der Waals surface area contributed by atoms with Crippen molar-refractivity contribution in [3.05, 3.63) is 35.4 Å². The summed E-state index contributed by atoms with van der Waals surface area (Å²) < 4.78 is 41.9. The predicted molar refractivity (Wildman–Crippen MR) is 69.4 cm³/mol. The third-order valence-corrected chi connectivity index (χ3v) is 3.73. The number of hydrogen-bond donors (Lipinski definition) is 1. The van der Waals surface area contributed by atoms with Crippen LogP contribution in [0.3, 0.4) is 0 Å². The van der Waals surface area contributed by atoms with Gasteiger partial charge in [-0.25, -0.2) is 18.2 Å². The Morgan fingerprint density at radius 2 is 1.90 bits per heavy atom. The van der Waals surface area contributed by atoms with Gasteiger partial charge in [0.15, 0.2) is 11.6 Å². The molecular weight excluding hydrogens is 267 g/mol. The number of fused-ring (bicyclic) bond motifs is 1. The zero-order chi connectivity index (χ0) is 14.4. The Balaban J connectivity index is 2.14. The van der Waals surface area contributed by atoms with Gasteiger partial charge in [-0.2, -0.15) is 0 Å². The third kappa shape index (κ3) is 1.95. The van der Waals surface area contributed by atoms with E-state index in [0.29, 0.717) is 24.3 Å². The molecule has 1 unspecified atom stereocenters. The van der Waals surface area contributed by atoms with Crippen molar-refractivity contribution in [1.29, 1.82) is 0 Å². The molecule has 0 spiro atoms. The second-order valence-corrected chi connectivity index (χ2v) is 5.26. The fraction of sp³-hybridized carbons (Fsp3) is 0.357. The van der Waals surface area contributed by atoms with Crippen LogP contribution in [0.4, 0.5) is 19.0 Å². The van der Waals surface area contributed by atoms with Crippen molar-refractivity contribution in [3.8, 4) is 11.3 Å². The summed E-state index contributed by atoms with van der Waals surface area (Å²) in [7, 11) is 0. The minimum absolute atomic E-state index is 0.101. The first kappa shape index (κ1) is 13.0. The van der Waals surface area contributed by atoms with E-state index in [4.69, 9.17) is 5.73 Å². The molecule has 20 heavy (non-hydrogen) atoms. The molecule has 0 radical (unpaired) electrons. The molecule has 3 rings (SSSR count). The van der Waals surface area contributed by atoms with E-state index in [0.717, 1.165) is 24.7 Å². The summed E-state index contributed by atoms with van der Waals surface area (Å²) in [5, 5.41) is 0. The van der Waals surface area contributed by atoms with E-state index in [-0.39, 0.29) is 11.3 Å². The van der Waals surface area contributed by atoms with Crippen LogP contribution in [0.2, 0.25) is 0 Å². The highest BCUT2D eigenvalue weighted by Gasteiger charge is 2.24. The molecule has 0 aliphatic carbocycles. The monoisotopic (exact) mass is 281 g/mol. The Hall–Kier alpha value is -1.98. The molecule has 2 N–H and O–H groups in total. The van der Waals surface area contributed by atoms with Crippen molar-refractivity contribution in [1.82, 2.24) is 9.55 Å². The SMILES string of the molecule is CC1CCn2c(nc(-c3cc(F)c(F)cc3F)c2N)C1. The second kappa shape index (κ2) is 4.54. The maximum atomic E-state index is 13.8. The highest BCUT2D eigenvalue weighted by molar-refractivity contribution is 5.71. The average molecular weight is 281 g/mol. The molecule has 1 aromatic heterocycles. The molecule has 0 saturated heterocycles. The number of imidazole rings is 1. The Bertz CT molecular complexity index is 679. The van der Waals surface area contributed by atoms with Crippen LogP contribution >= 0.6 is 0 Å². The number of rotatable bonds is 1. The number of anilines is 1. The van der Waals surface area contributed by atoms with E-state index in [1.54, 1.807) is 0 Å². The van der Waals surface area contributed by atoms with Crippen LogP contribution in [-0.4, -0.2) is 9.55 Å². The van der Waals surface area contributed by atoms with Crippen molar-refractivity contribution in [2.75, 3.05) is 5.73 Å². The van der Waals surface area contributed by atoms with Crippen LogP contribution < -0.4 is 5.73 Å². The van der Waals surface area contributed by atoms with Crippen molar-refractivity contribution >= 4 is 5.82 Å². The minimum Gasteiger partial charge on any atom is -0.383 e. The van der Waals surface area contributed by atoms with Crippen LogP contribution in [0.25, 0.3) is 11.3 Å². The number of nitrogen functional groups attached to an aromatic ring is 1. The van der Waals surface area contributed by atoms with E-state index >= 15 is 0 Å². The molecule has 106 valence electrons. The first-order valence-corrected chi connectivity index (χ1v) is 6.47. The molecule has 0 fully saturated rings. The van der Waals surface area contributed by atoms with Gasteiger partial charge in [-0.15, -0.1) is 0 Å². The summed E-state index contributed by atoms with van der Waals surface area (Å²) >= 11 is 0. The summed E-state index contributed by atoms with van der Waals surface area (Å²) in [4.78, 5) is 4.31. The predicted octanol–water partition coefficient (Wildman–Crippen LogP) is 3.13. The molecule has 0 amide bonds. The van der Waals surface area contributed by atoms with Crippen molar-refractivity contribution in [2.45, 2.75) is 26.3 Å². The molecule has 0 saturated carbocycles. The van der Waals surface area contributed by atoms with Crippen LogP contribution in [0.5, 0.6) is 0 Å². The maximum absolute atomic E-state index is 13.8. The van der Waals surface area contributed by atoms with Gasteiger partial charge in [-0.1, -0.05) is 6.92 Å². The summed E-state index contributed by atoms with van der Waals surface area (Å²) in [5.41, 5.74) is 6.06. The Labute approximate surface area is 114 Å². The van der Waals surface area contributed by atoms with Gasteiger partial charge in [0.05, 0.1) is 0 Å². The largest absolute Gasteiger partial charge is 0.383 e. The van der Waals surface area contributed by atoms with E-state index < -0.39 is 17.5 Å². The summed E-state index contributed by atoms with van der Waals surface area (Å²) in [6, 6.07) is 1.32. The van der Waals surface area contributed by atoms with Gasteiger partial charge in [-0.3, -0.25) is 0 Å². The number of halogens is 3. The number of nitrogens with two attached hydrogens (primary N) is 1. The normalized spacial score (nSPS) is 18.1. The first-order valence-electron chi connectivity index (χ1n) is 6.47. The molecule has 1 aliphatic heterocycles. The lowest BCUT2D eigenvalue weighted by Crippen LogP contribution is -2.18. The minimum atomic E-state index is -1.22. The molecule has 6 heteroatoms. The molecule has 1 atom stereocenters. The standard InChI is InChI=1S/C14H14F3N3/c1-7-2-3-20-12(4-7)19-13(14(20)18)8-5-10(16)11(17)6-9(8)15/h5-7H,2-4,18H2,1H3. The highest BCUT2D eigenvalue weighted by Crippen LogP contribution is 2.33. The van der Waals surface area contributed by atoms with Gasteiger partial charge in [-0.05, 0) is 18.4 Å². The van der Waals surface area contributed by atoms with Crippen LogP contribution in [0.1, 0.15) is 19.2 Å². The van der Waals surface area contributed by atoms with Crippen LogP contribution in [0.15, 0.2) is 12.1 Å². The first-order chi connectivity index (χ1) is 9.47. The van der Waals surface area contributed by atoms with Gasteiger partial charge in [0.1, 0.15) is 23.2 Å². The lowest BCUT2D eigenvalue weighted by molar-refractivity contribution is 0.412. The van der Waals surface area contributed by atoms with Gasteiger partial charge >= 0.3 is 0 Å². The van der Waals surface area contributed by atoms with E-state index in [9.17, 15) is 13.2 Å². The lowest BCUT2D eigenvalue weighted by Gasteiger charge is -2.20. The smallest absolute Gasteiger partial charge is 0.161 e. The van der Waals surface area contributed by atoms with E-state index in [1.807, 2.05) is 4.57 Å². The summed E-state index contributed by atoms with van der Waals surface area (Å²) in [5.74, 6) is -1.65. The van der Waals surface area contributed by atoms with Crippen LogP contribution in [-0.2, 0) is 13.0 Å².